The molecule has 0 radical (unpaired) electrons. The third-order valence-electron chi connectivity index (χ3n) is 16.8. The number of nitrogens with one attached hydrogen (secondary N) is 3. The molecule has 73 heavy (non-hydrogen) atoms. The van der Waals surface area contributed by atoms with Gasteiger partial charge in [0.15, 0.2) is 0 Å². The zero-order valence-corrected chi connectivity index (χ0v) is 43.1. The van der Waals surface area contributed by atoms with Crippen LogP contribution in [0.3, 0.4) is 0 Å². The number of thiazole rings is 1. The molecule has 4 saturated heterocycles. The molecule has 6 bridgehead atoms. The van der Waals surface area contributed by atoms with Gasteiger partial charge in [-0.25, -0.2) is 10.4 Å². The van der Waals surface area contributed by atoms with Gasteiger partial charge in [0, 0.05) is 90.2 Å². The molecule has 11 rings (SSSR count). The number of ether oxygens (including phenoxy) is 2. The van der Waals surface area contributed by atoms with E-state index in [4.69, 9.17) is 14.5 Å². The predicted molar refractivity (Wildman–Crippen MR) is 269 cm³/mol. The number of hydrogen-bond acceptors (Lipinski definition) is 12. The van der Waals surface area contributed by atoms with Gasteiger partial charge < -0.3 is 24.3 Å². The number of cyclic esters (lactones) is 1. The molecule has 3 N–H and O–H groups in total. The zero-order chi connectivity index (χ0) is 51.0. The molecule has 3 aromatic heterocycles. The number of esters is 1. The molecule has 8 heterocycles. The van der Waals surface area contributed by atoms with E-state index in [1.165, 1.54) is 40.9 Å². The van der Waals surface area contributed by atoms with Crippen LogP contribution in [-0.4, -0.2) is 136 Å². The Balaban J connectivity index is 0.926. The molecule has 4 aromatic rings. The molecule has 1 spiro atoms. The highest BCUT2D eigenvalue weighted by atomic mass is 32.1. The van der Waals surface area contributed by atoms with Crippen LogP contribution in [0.1, 0.15) is 107 Å². The van der Waals surface area contributed by atoms with Crippen LogP contribution in [0.15, 0.2) is 41.9 Å². The zero-order valence-electron chi connectivity index (χ0n) is 42.3. The van der Waals surface area contributed by atoms with Gasteiger partial charge in [0.1, 0.15) is 24.7 Å². The van der Waals surface area contributed by atoms with Gasteiger partial charge in [-0.2, -0.15) is 13.2 Å². The fourth-order valence-electron chi connectivity index (χ4n) is 12.9. The van der Waals surface area contributed by atoms with Gasteiger partial charge in [0.05, 0.1) is 40.8 Å². The number of benzene rings is 1. The lowest BCUT2D eigenvalue weighted by Gasteiger charge is -2.56. The van der Waals surface area contributed by atoms with Crippen molar-refractivity contribution in [2.24, 2.45) is 22.7 Å². The lowest BCUT2D eigenvalue weighted by atomic mass is 9.72. The van der Waals surface area contributed by atoms with E-state index in [-0.39, 0.29) is 54.5 Å². The number of hydrazine groups is 1. The molecule has 1 aromatic carbocycles. The molecule has 19 heteroatoms. The molecule has 392 valence electrons. The third kappa shape index (κ3) is 10.3. The summed E-state index contributed by atoms with van der Waals surface area (Å²) in [7, 11) is 1.54. The first-order chi connectivity index (χ1) is 35.0. The van der Waals surface area contributed by atoms with Crippen molar-refractivity contribution in [2.75, 3.05) is 46.4 Å². The third-order valence-corrected chi connectivity index (χ3v) is 17.6. The highest BCUT2D eigenvalue weighted by Crippen LogP contribution is 2.46. The second kappa shape index (κ2) is 19.6. The normalized spacial score (nSPS) is 26.6. The lowest BCUT2D eigenvalue weighted by Crippen LogP contribution is -2.68. The standard InChI is InChI=1S/C54H68F3N9O6S/c1-31(71-4)43-35(12-7-19-58-43)47-37-24-52(2,3)30-72-51(70)38-13-8-21-66(62-38)49(68)39(23-42-59-40(25-73-42)34-16-17-41(36(37)22-34)65(47)29-54(55,56)57)60-48(67)46(33-10-5-6-11-33)63-20-9-18-53(26-63)27-64(28-53)50(69)45-44(61-45)32-14-15-32/h7,12,16-17,19,22,25,31-33,38-39,44-46,61-62H,5-6,8-11,13-15,18,20-21,23-24,26-30H2,1-4H3,(H,60,67)/t31-,38-,39-,44+,45+,46-/m0/s1. The number of piperidine rings is 1. The van der Waals surface area contributed by atoms with Crippen LogP contribution < -0.4 is 16.1 Å². The second-order valence-corrected chi connectivity index (χ2v) is 23.9. The van der Waals surface area contributed by atoms with E-state index in [0.717, 1.165) is 45.1 Å². The summed E-state index contributed by atoms with van der Waals surface area (Å²) in [6.45, 7) is 7.51. The Bertz CT molecular complexity index is 2760. The summed E-state index contributed by atoms with van der Waals surface area (Å²) in [5.41, 5.74) is 5.95. The molecule has 2 saturated carbocycles. The summed E-state index contributed by atoms with van der Waals surface area (Å²) in [6, 6.07) is 6.78. The number of hydrogen-bond donors (Lipinski definition) is 3. The van der Waals surface area contributed by atoms with Gasteiger partial charge in [-0.05, 0) is 113 Å². The molecule has 2 aliphatic carbocycles. The van der Waals surface area contributed by atoms with E-state index in [1.807, 2.05) is 37.1 Å². The molecule has 0 unspecified atom stereocenters. The van der Waals surface area contributed by atoms with Gasteiger partial charge in [-0.1, -0.05) is 32.8 Å². The Labute approximate surface area is 428 Å². The van der Waals surface area contributed by atoms with E-state index >= 15 is 4.79 Å². The van der Waals surface area contributed by atoms with Crippen molar-refractivity contribution < 1.29 is 41.8 Å². The topological polar surface area (TPSA) is 173 Å². The smallest absolute Gasteiger partial charge is 0.406 e. The second-order valence-electron chi connectivity index (χ2n) is 23.0. The molecule has 6 fully saturated rings. The summed E-state index contributed by atoms with van der Waals surface area (Å²) in [5, 5.41) is 11.2. The van der Waals surface area contributed by atoms with Crippen molar-refractivity contribution in [1.29, 1.82) is 0 Å². The number of alkyl halides is 3. The number of rotatable bonds is 10. The maximum atomic E-state index is 15.1. The number of carbonyl (C=O) groups is 4. The van der Waals surface area contributed by atoms with E-state index in [9.17, 15) is 27.6 Å². The number of nitrogens with zero attached hydrogens (tertiary/aromatic N) is 6. The van der Waals surface area contributed by atoms with Gasteiger partial charge in [0.2, 0.25) is 11.8 Å². The summed E-state index contributed by atoms with van der Waals surface area (Å²) in [6.07, 6.45) is 5.93. The summed E-state index contributed by atoms with van der Waals surface area (Å²) in [4.78, 5) is 71.5. The Morgan fingerprint density at radius 1 is 1.03 bits per heavy atom. The van der Waals surface area contributed by atoms with Crippen molar-refractivity contribution in [2.45, 2.75) is 147 Å². The van der Waals surface area contributed by atoms with E-state index in [2.05, 4.69) is 25.9 Å². The minimum absolute atomic E-state index is 0.0559. The van der Waals surface area contributed by atoms with Gasteiger partial charge in [-0.15, -0.1) is 11.3 Å². The Morgan fingerprint density at radius 3 is 2.58 bits per heavy atom. The van der Waals surface area contributed by atoms with Crippen molar-refractivity contribution in [3.63, 3.8) is 0 Å². The fraction of sp³-hybridized carbons (Fsp3) is 0.630. The molecule has 15 nitrogen and oxygen atoms in total. The van der Waals surface area contributed by atoms with Crippen molar-refractivity contribution >= 4 is 45.9 Å². The number of methoxy groups -OCH3 is 1. The number of aromatic nitrogens is 3. The van der Waals surface area contributed by atoms with Crippen LogP contribution in [0.25, 0.3) is 33.4 Å². The van der Waals surface area contributed by atoms with Crippen LogP contribution in [0, 0.1) is 22.7 Å². The molecule has 7 aliphatic rings. The highest BCUT2D eigenvalue weighted by molar-refractivity contribution is 7.10. The predicted octanol–water partition coefficient (Wildman–Crippen LogP) is 6.98. The van der Waals surface area contributed by atoms with Gasteiger partial charge in [-0.3, -0.25) is 39.4 Å². The van der Waals surface area contributed by atoms with E-state index in [1.54, 1.807) is 30.5 Å². The van der Waals surface area contributed by atoms with Crippen LogP contribution in [0.4, 0.5) is 13.2 Å². The minimum Gasteiger partial charge on any atom is -0.464 e. The number of fused-ring (bicyclic) bond motifs is 6. The van der Waals surface area contributed by atoms with Gasteiger partial charge in [0.25, 0.3) is 5.91 Å². The fourth-order valence-corrected chi connectivity index (χ4v) is 13.7. The van der Waals surface area contributed by atoms with Crippen LogP contribution in [0.5, 0.6) is 0 Å². The van der Waals surface area contributed by atoms with E-state index < -0.39 is 48.3 Å². The first-order valence-electron chi connectivity index (χ1n) is 26.5. The van der Waals surface area contributed by atoms with Gasteiger partial charge >= 0.3 is 12.1 Å². The first-order valence-corrected chi connectivity index (χ1v) is 27.3. The minimum atomic E-state index is -4.57. The summed E-state index contributed by atoms with van der Waals surface area (Å²) < 4.78 is 57.3. The summed E-state index contributed by atoms with van der Waals surface area (Å²) >= 11 is 1.35. The largest absolute Gasteiger partial charge is 0.464 e. The molecular weight excluding hydrogens is 960 g/mol. The van der Waals surface area contributed by atoms with Crippen LogP contribution in [0.2, 0.25) is 0 Å². The monoisotopic (exact) mass is 1030 g/mol. The average Bonchev–Trinajstić information content (AvgIpc) is 4.24. The Morgan fingerprint density at radius 2 is 1.82 bits per heavy atom. The highest BCUT2D eigenvalue weighted by Gasteiger charge is 2.57. The molecular formula is C54H68F3N9O6S. The molecule has 5 aliphatic heterocycles. The quantitative estimate of drug-likeness (QED) is 0.111. The number of amides is 3. The van der Waals surface area contributed by atoms with Crippen molar-refractivity contribution in [1.82, 2.24) is 45.4 Å². The average molecular weight is 1030 g/mol. The number of halogens is 3. The Kier molecular flexibility index (Phi) is 13.5. The van der Waals surface area contributed by atoms with Crippen LogP contribution in [-0.2, 0) is 48.0 Å². The number of likely N-dealkylation sites (tertiary alicyclic amines) is 2. The number of pyridine rings is 1. The van der Waals surface area contributed by atoms with E-state index in [0.29, 0.717) is 101 Å². The number of carbonyl (C=O) groups excluding carboxylic acids is 4. The summed E-state index contributed by atoms with van der Waals surface area (Å²) in [5.74, 6) is -0.173. The first kappa shape index (κ1) is 50.2. The SMILES string of the molecule is CO[C@@H](C)c1ncccc1-c1c2c3cc(ccc3n1CC(F)(F)F)-c1csc(n1)C[C@H](NC(=O)[C@H](C1CCCC1)N1CCCC3(CN(C(=O)[C@@H]4N[C@@H]4C4CC4)C3)C1)C(=O)N1CCC[C@H](N1)C(=O)OCC(C)(C)C2. The maximum absolute atomic E-state index is 15.1. The van der Waals surface area contributed by atoms with Crippen LogP contribution >= 0.6 is 11.3 Å². The van der Waals surface area contributed by atoms with Crippen molar-refractivity contribution in [3.8, 4) is 22.5 Å². The van der Waals surface area contributed by atoms with Crippen molar-refractivity contribution in [3.05, 3.63) is 58.2 Å². The lowest BCUT2D eigenvalue weighted by molar-refractivity contribution is -0.155. The molecule has 3 amide bonds. The molecule has 6 atom stereocenters. The maximum Gasteiger partial charge on any atom is 0.406 e. The Hall–Kier alpha value is -4.95.